The van der Waals surface area contributed by atoms with Crippen molar-refractivity contribution in [2.75, 3.05) is 18.4 Å². The molecular weight excluding hydrogens is 328 g/mol. The number of nitrogens with one attached hydrogen (secondary N) is 2. The number of benzene rings is 2. The first kappa shape index (κ1) is 16.3. The molecule has 4 N–H and O–H groups in total. The van der Waals surface area contributed by atoms with Crippen LogP contribution in [-0.4, -0.2) is 34.2 Å². The third kappa shape index (κ3) is 3.23. The molecule has 0 aliphatic heterocycles. The van der Waals surface area contributed by atoms with Gasteiger partial charge >= 0.3 is 5.69 Å². The van der Waals surface area contributed by atoms with Gasteiger partial charge in [0.15, 0.2) is 5.52 Å². The van der Waals surface area contributed by atoms with Crippen molar-refractivity contribution in [1.29, 1.82) is 0 Å². The van der Waals surface area contributed by atoms with Crippen LogP contribution in [0.25, 0.3) is 11.0 Å². The van der Waals surface area contributed by atoms with Crippen molar-refractivity contribution in [2.45, 2.75) is 0 Å². The molecule has 3 rings (SSSR count). The Balaban J connectivity index is 1.98. The topological polar surface area (TPSA) is 149 Å². The van der Waals surface area contributed by atoms with Crippen molar-refractivity contribution in [2.24, 2.45) is 5.73 Å². The fraction of sp³-hybridized carbons (Fsp3) is 0.133. The standard InChI is InChI=1S/C15H14N6O4/c16-7-8-17-15(22)9-3-1-2-4-10(9)18-11-5-6-12(21(23)24)14-13(11)19-25-20-14/h1-6,18H,7-8,16H2,(H,17,22). The highest BCUT2D eigenvalue weighted by atomic mass is 16.6. The molecule has 2 aromatic carbocycles. The van der Waals surface area contributed by atoms with Crippen LogP contribution in [0.3, 0.4) is 0 Å². The molecule has 0 aliphatic rings. The van der Waals surface area contributed by atoms with Crippen LogP contribution in [0.15, 0.2) is 41.0 Å². The smallest absolute Gasteiger partial charge is 0.300 e. The van der Waals surface area contributed by atoms with Gasteiger partial charge in [-0.2, -0.15) is 0 Å². The first-order valence-electron chi connectivity index (χ1n) is 7.36. The van der Waals surface area contributed by atoms with Crippen molar-refractivity contribution < 1.29 is 14.3 Å². The summed E-state index contributed by atoms with van der Waals surface area (Å²) in [5.41, 5.74) is 6.75. The van der Waals surface area contributed by atoms with E-state index in [4.69, 9.17) is 5.73 Å². The molecule has 1 aromatic heterocycles. The molecule has 1 amide bonds. The Morgan fingerprint density at radius 3 is 2.68 bits per heavy atom. The molecule has 3 aromatic rings. The Morgan fingerprint density at radius 2 is 1.92 bits per heavy atom. The number of hydrogen-bond acceptors (Lipinski definition) is 8. The number of aromatic nitrogens is 2. The van der Waals surface area contributed by atoms with E-state index in [9.17, 15) is 14.9 Å². The molecule has 10 nitrogen and oxygen atoms in total. The predicted octanol–water partition coefficient (Wildman–Crippen LogP) is 1.56. The number of carbonyl (C=O) groups is 1. The zero-order chi connectivity index (χ0) is 17.8. The first-order chi connectivity index (χ1) is 12.1. The molecule has 0 saturated carbocycles. The summed E-state index contributed by atoms with van der Waals surface area (Å²) in [6.07, 6.45) is 0. The van der Waals surface area contributed by atoms with E-state index in [1.807, 2.05) is 0 Å². The number of nitro benzene ring substituents is 1. The molecule has 0 saturated heterocycles. The number of nitrogens with two attached hydrogens (primary N) is 1. The molecule has 128 valence electrons. The Bertz CT molecular complexity index is 939. The van der Waals surface area contributed by atoms with Crippen molar-refractivity contribution in [3.8, 4) is 0 Å². The van der Waals surface area contributed by atoms with E-state index in [1.54, 1.807) is 24.3 Å². The van der Waals surface area contributed by atoms with Crippen molar-refractivity contribution in [1.82, 2.24) is 15.6 Å². The Morgan fingerprint density at radius 1 is 1.16 bits per heavy atom. The van der Waals surface area contributed by atoms with Gasteiger partial charge in [-0.15, -0.1) is 0 Å². The minimum Gasteiger partial charge on any atom is -0.353 e. The Labute approximate surface area is 141 Å². The molecule has 25 heavy (non-hydrogen) atoms. The molecule has 0 fully saturated rings. The number of carbonyl (C=O) groups excluding carboxylic acids is 1. The maximum atomic E-state index is 12.2. The van der Waals surface area contributed by atoms with Gasteiger partial charge < -0.3 is 16.4 Å². The number of para-hydroxylation sites is 1. The minimum atomic E-state index is -0.565. The molecular formula is C15H14N6O4. The van der Waals surface area contributed by atoms with E-state index in [0.717, 1.165) is 0 Å². The number of fused-ring (bicyclic) bond motifs is 1. The normalized spacial score (nSPS) is 10.6. The second-order valence-electron chi connectivity index (χ2n) is 5.07. The number of amides is 1. The third-order valence-corrected chi connectivity index (χ3v) is 3.46. The molecule has 0 spiro atoms. The number of non-ortho nitro benzene ring substituents is 1. The largest absolute Gasteiger partial charge is 0.353 e. The van der Waals surface area contributed by atoms with E-state index in [1.165, 1.54) is 12.1 Å². The second kappa shape index (κ2) is 6.93. The van der Waals surface area contributed by atoms with Crippen LogP contribution in [0, 0.1) is 10.1 Å². The van der Waals surface area contributed by atoms with Crippen LogP contribution < -0.4 is 16.4 Å². The van der Waals surface area contributed by atoms with Gasteiger partial charge in [0.25, 0.3) is 5.91 Å². The van der Waals surface area contributed by atoms with Gasteiger partial charge in [0.1, 0.15) is 0 Å². The van der Waals surface area contributed by atoms with Crippen LogP contribution in [0.5, 0.6) is 0 Å². The summed E-state index contributed by atoms with van der Waals surface area (Å²) >= 11 is 0. The summed E-state index contributed by atoms with van der Waals surface area (Å²) in [4.78, 5) is 22.7. The van der Waals surface area contributed by atoms with Crippen molar-refractivity contribution in [3.05, 3.63) is 52.1 Å². The van der Waals surface area contributed by atoms with Gasteiger partial charge in [-0.3, -0.25) is 14.9 Å². The predicted molar refractivity (Wildman–Crippen MR) is 89.6 cm³/mol. The fourth-order valence-corrected chi connectivity index (χ4v) is 2.32. The highest BCUT2D eigenvalue weighted by molar-refractivity contribution is 6.02. The molecule has 1 heterocycles. The van der Waals surface area contributed by atoms with Crippen LogP contribution in [0.4, 0.5) is 17.1 Å². The zero-order valence-corrected chi connectivity index (χ0v) is 12.9. The number of nitro groups is 1. The lowest BCUT2D eigenvalue weighted by molar-refractivity contribution is -0.383. The number of anilines is 2. The van der Waals surface area contributed by atoms with Gasteiger partial charge in [0.05, 0.1) is 21.9 Å². The highest BCUT2D eigenvalue weighted by Gasteiger charge is 2.20. The van der Waals surface area contributed by atoms with Gasteiger partial charge in [-0.1, -0.05) is 12.1 Å². The van der Waals surface area contributed by atoms with E-state index >= 15 is 0 Å². The summed E-state index contributed by atoms with van der Waals surface area (Å²) < 4.78 is 4.63. The SMILES string of the molecule is NCCNC(=O)c1ccccc1Nc1ccc([N+](=O)[O-])c2nonc12. The first-order valence-corrected chi connectivity index (χ1v) is 7.36. The summed E-state index contributed by atoms with van der Waals surface area (Å²) in [7, 11) is 0. The van der Waals surface area contributed by atoms with E-state index in [0.29, 0.717) is 30.0 Å². The molecule has 0 aliphatic carbocycles. The average molecular weight is 342 g/mol. The van der Waals surface area contributed by atoms with Gasteiger partial charge in [-0.05, 0) is 28.5 Å². The Kier molecular flexibility index (Phi) is 4.53. The van der Waals surface area contributed by atoms with Crippen LogP contribution in [-0.2, 0) is 0 Å². The third-order valence-electron chi connectivity index (χ3n) is 3.46. The summed E-state index contributed by atoms with van der Waals surface area (Å²) in [6, 6.07) is 9.62. The monoisotopic (exact) mass is 342 g/mol. The molecule has 0 radical (unpaired) electrons. The van der Waals surface area contributed by atoms with Crippen LogP contribution in [0.2, 0.25) is 0 Å². The molecule has 0 bridgehead atoms. The summed E-state index contributed by atoms with van der Waals surface area (Å²) in [6.45, 7) is 0.678. The van der Waals surface area contributed by atoms with Crippen LogP contribution in [0.1, 0.15) is 10.4 Å². The Hall–Kier alpha value is -3.53. The molecule has 0 unspecified atom stereocenters. The summed E-state index contributed by atoms with van der Waals surface area (Å²) in [5.74, 6) is -0.287. The highest BCUT2D eigenvalue weighted by Crippen LogP contribution is 2.31. The lowest BCUT2D eigenvalue weighted by Crippen LogP contribution is -2.29. The molecule has 0 atom stereocenters. The lowest BCUT2D eigenvalue weighted by atomic mass is 10.1. The van der Waals surface area contributed by atoms with Gasteiger partial charge in [-0.25, -0.2) is 4.63 Å². The lowest BCUT2D eigenvalue weighted by Gasteiger charge is -2.12. The number of hydrogen-bond donors (Lipinski definition) is 3. The number of rotatable bonds is 6. The van der Waals surface area contributed by atoms with Crippen molar-refractivity contribution in [3.63, 3.8) is 0 Å². The fourth-order valence-electron chi connectivity index (χ4n) is 2.32. The second-order valence-corrected chi connectivity index (χ2v) is 5.07. The van der Waals surface area contributed by atoms with Gasteiger partial charge in [0, 0.05) is 19.2 Å². The zero-order valence-electron chi connectivity index (χ0n) is 12.9. The minimum absolute atomic E-state index is 0.0278. The van der Waals surface area contributed by atoms with E-state index < -0.39 is 4.92 Å². The summed E-state index contributed by atoms with van der Waals surface area (Å²) in [5, 5.41) is 24.1. The molecule has 10 heteroatoms. The van der Waals surface area contributed by atoms with Crippen LogP contribution >= 0.6 is 0 Å². The van der Waals surface area contributed by atoms with E-state index in [-0.39, 0.29) is 22.6 Å². The maximum absolute atomic E-state index is 12.2. The van der Waals surface area contributed by atoms with Gasteiger partial charge in [0.2, 0.25) is 5.52 Å². The maximum Gasteiger partial charge on any atom is 0.300 e. The van der Waals surface area contributed by atoms with Crippen molar-refractivity contribution >= 4 is 34.0 Å². The van der Waals surface area contributed by atoms with E-state index in [2.05, 4.69) is 25.6 Å². The average Bonchev–Trinajstić information content (AvgIpc) is 3.10. The number of nitrogens with zero attached hydrogens (tertiary/aromatic N) is 3. The quantitative estimate of drug-likeness (QED) is 0.451.